The van der Waals surface area contributed by atoms with Gasteiger partial charge in [-0.05, 0) is 12.1 Å². The van der Waals surface area contributed by atoms with E-state index in [-0.39, 0.29) is 5.56 Å². The van der Waals surface area contributed by atoms with E-state index in [1.807, 2.05) is 0 Å². The summed E-state index contributed by atoms with van der Waals surface area (Å²) in [5.74, 6) is -0.568. The number of nitrogens with one attached hydrogen (secondary N) is 1. The molecule has 1 rings (SSSR count). The molecule has 0 aliphatic rings. The normalized spacial score (nSPS) is 10.9. The molecule has 9 heteroatoms. The summed E-state index contributed by atoms with van der Waals surface area (Å²) in [4.78, 5) is 20.3. The lowest BCUT2D eigenvalue weighted by molar-refractivity contribution is -0.387. The molecule has 0 fully saturated rings. The lowest BCUT2D eigenvalue weighted by Crippen LogP contribution is -2.18. The molecular formula is C8H7ClN2O5S. The van der Waals surface area contributed by atoms with Crippen LogP contribution in [0.15, 0.2) is 23.1 Å². The van der Waals surface area contributed by atoms with Gasteiger partial charge in [0.05, 0.1) is 4.92 Å². The van der Waals surface area contributed by atoms with Crippen molar-refractivity contribution in [1.82, 2.24) is 5.32 Å². The molecule has 0 bridgehead atoms. The molecule has 0 spiro atoms. The quantitative estimate of drug-likeness (QED) is 0.502. The molecule has 7 nitrogen and oxygen atoms in total. The third-order valence-electron chi connectivity index (χ3n) is 1.91. The summed E-state index contributed by atoms with van der Waals surface area (Å²) in [5.41, 5.74) is -0.704. The first kappa shape index (κ1) is 13.4. The van der Waals surface area contributed by atoms with Gasteiger partial charge in [-0.25, -0.2) is 8.42 Å². The van der Waals surface area contributed by atoms with E-state index >= 15 is 0 Å². The van der Waals surface area contributed by atoms with Crippen LogP contribution in [0, 0.1) is 10.1 Å². The van der Waals surface area contributed by atoms with Gasteiger partial charge < -0.3 is 5.32 Å². The number of nitro groups is 1. The zero-order valence-corrected chi connectivity index (χ0v) is 10.1. The smallest absolute Gasteiger partial charge is 0.289 e. The highest BCUT2D eigenvalue weighted by Gasteiger charge is 2.25. The Labute approximate surface area is 101 Å². The maximum atomic E-state index is 11.3. The van der Waals surface area contributed by atoms with E-state index in [1.54, 1.807) is 0 Å². The number of carbonyl (C=O) groups excluding carboxylic acids is 1. The Morgan fingerprint density at radius 3 is 2.47 bits per heavy atom. The molecule has 92 valence electrons. The second-order valence-corrected chi connectivity index (χ2v) is 5.49. The van der Waals surface area contributed by atoms with Crippen molar-refractivity contribution in [1.29, 1.82) is 0 Å². The van der Waals surface area contributed by atoms with Crippen LogP contribution in [0.25, 0.3) is 0 Å². The van der Waals surface area contributed by atoms with E-state index in [2.05, 4.69) is 5.32 Å². The fraction of sp³-hybridized carbons (Fsp3) is 0.125. The van der Waals surface area contributed by atoms with Gasteiger partial charge in [0.2, 0.25) is 0 Å². The van der Waals surface area contributed by atoms with Crippen LogP contribution < -0.4 is 5.32 Å². The van der Waals surface area contributed by atoms with Crippen molar-refractivity contribution in [2.24, 2.45) is 0 Å². The minimum Gasteiger partial charge on any atom is -0.355 e. The molecule has 0 aromatic heterocycles. The zero-order chi connectivity index (χ0) is 13.2. The Morgan fingerprint density at radius 1 is 1.47 bits per heavy atom. The van der Waals surface area contributed by atoms with Crippen LogP contribution in [0.2, 0.25) is 0 Å². The number of hydrogen-bond donors (Lipinski definition) is 1. The van der Waals surface area contributed by atoms with Gasteiger partial charge in [0.15, 0.2) is 4.90 Å². The van der Waals surface area contributed by atoms with Gasteiger partial charge in [0.1, 0.15) is 0 Å². The highest BCUT2D eigenvalue weighted by atomic mass is 35.7. The molecule has 1 aromatic carbocycles. The first-order valence-corrected chi connectivity index (χ1v) is 6.53. The number of hydrogen-bond acceptors (Lipinski definition) is 5. The van der Waals surface area contributed by atoms with Crippen LogP contribution in [0.4, 0.5) is 5.69 Å². The maximum absolute atomic E-state index is 11.3. The molecule has 1 N–H and O–H groups in total. The minimum absolute atomic E-state index is 0.0303. The zero-order valence-electron chi connectivity index (χ0n) is 8.51. The van der Waals surface area contributed by atoms with Gasteiger partial charge in [0, 0.05) is 29.4 Å². The Hall–Kier alpha value is -1.67. The standard InChI is InChI=1S/C8H7ClN2O5S/c1-10-8(12)5-2-3-6(11(13)14)7(4-5)17(9,15)16/h2-4H,1H3,(H,10,12). The van der Waals surface area contributed by atoms with E-state index in [9.17, 15) is 23.3 Å². The van der Waals surface area contributed by atoms with Crippen molar-refractivity contribution in [3.05, 3.63) is 33.9 Å². The number of nitrogens with zero attached hydrogens (tertiary/aromatic N) is 1. The summed E-state index contributed by atoms with van der Waals surface area (Å²) >= 11 is 0. The predicted octanol–water partition coefficient (Wildman–Crippen LogP) is 0.882. The van der Waals surface area contributed by atoms with Gasteiger partial charge in [-0.15, -0.1) is 0 Å². The molecular weight excluding hydrogens is 272 g/mol. The van der Waals surface area contributed by atoms with Gasteiger partial charge >= 0.3 is 0 Å². The molecule has 0 saturated heterocycles. The molecule has 17 heavy (non-hydrogen) atoms. The number of halogens is 1. The van der Waals surface area contributed by atoms with Crippen LogP contribution in [0.5, 0.6) is 0 Å². The average molecular weight is 279 g/mol. The highest BCUT2D eigenvalue weighted by Crippen LogP contribution is 2.27. The maximum Gasteiger partial charge on any atom is 0.289 e. The average Bonchev–Trinajstić information content (AvgIpc) is 2.25. The van der Waals surface area contributed by atoms with Crippen LogP contribution in [0.1, 0.15) is 10.4 Å². The van der Waals surface area contributed by atoms with Crippen molar-refractivity contribution < 1.29 is 18.1 Å². The molecule has 0 atom stereocenters. The topological polar surface area (TPSA) is 106 Å². The van der Waals surface area contributed by atoms with E-state index in [1.165, 1.54) is 7.05 Å². The SMILES string of the molecule is CNC(=O)c1ccc([N+](=O)[O-])c(S(=O)(=O)Cl)c1. The fourth-order valence-corrected chi connectivity index (χ4v) is 2.18. The molecule has 0 saturated carbocycles. The largest absolute Gasteiger partial charge is 0.355 e. The predicted molar refractivity (Wildman–Crippen MR) is 59.5 cm³/mol. The van der Waals surface area contributed by atoms with Gasteiger partial charge in [-0.3, -0.25) is 14.9 Å². The summed E-state index contributed by atoms with van der Waals surface area (Å²) in [6.45, 7) is 0. The third kappa shape index (κ3) is 2.92. The van der Waals surface area contributed by atoms with Crippen LogP contribution in [-0.4, -0.2) is 26.3 Å². The van der Waals surface area contributed by atoms with Crippen LogP contribution >= 0.6 is 10.7 Å². The first-order chi connectivity index (χ1) is 7.77. The van der Waals surface area contributed by atoms with Gasteiger partial charge in [0.25, 0.3) is 20.6 Å². The Morgan fingerprint density at radius 2 is 2.06 bits per heavy atom. The number of rotatable bonds is 3. The number of nitro benzene ring substituents is 1. The Bertz CT molecular complexity index is 584. The molecule has 0 aliphatic heterocycles. The second kappa shape index (κ2) is 4.68. The van der Waals surface area contributed by atoms with Crippen molar-refractivity contribution in [3.63, 3.8) is 0 Å². The summed E-state index contributed by atoms with van der Waals surface area (Å²) in [5, 5.41) is 12.9. The van der Waals surface area contributed by atoms with Crippen molar-refractivity contribution >= 4 is 31.3 Å². The lowest BCUT2D eigenvalue weighted by Gasteiger charge is -2.03. The van der Waals surface area contributed by atoms with E-state index in [0.717, 1.165) is 18.2 Å². The van der Waals surface area contributed by atoms with Gasteiger partial charge in [-0.1, -0.05) is 0 Å². The van der Waals surface area contributed by atoms with Crippen LogP contribution in [0.3, 0.4) is 0 Å². The van der Waals surface area contributed by atoms with E-state index in [0.29, 0.717) is 0 Å². The van der Waals surface area contributed by atoms with E-state index in [4.69, 9.17) is 10.7 Å². The summed E-state index contributed by atoms with van der Waals surface area (Å²) in [6.07, 6.45) is 0. The van der Waals surface area contributed by atoms with Crippen molar-refractivity contribution in [3.8, 4) is 0 Å². The molecule has 0 unspecified atom stereocenters. The lowest BCUT2D eigenvalue weighted by atomic mass is 10.2. The second-order valence-electron chi connectivity index (χ2n) is 2.96. The molecule has 0 aliphatic carbocycles. The fourth-order valence-electron chi connectivity index (χ4n) is 1.15. The summed E-state index contributed by atoms with van der Waals surface area (Å²) in [6, 6.07) is 2.92. The van der Waals surface area contributed by atoms with Gasteiger partial charge in [-0.2, -0.15) is 0 Å². The number of benzene rings is 1. The molecule has 1 amide bonds. The summed E-state index contributed by atoms with van der Waals surface area (Å²) < 4.78 is 22.3. The van der Waals surface area contributed by atoms with E-state index < -0.39 is 30.5 Å². The monoisotopic (exact) mass is 278 g/mol. The Kier molecular flexibility index (Phi) is 3.69. The van der Waals surface area contributed by atoms with Crippen LogP contribution in [-0.2, 0) is 9.05 Å². The molecule has 0 radical (unpaired) electrons. The first-order valence-electron chi connectivity index (χ1n) is 4.22. The minimum atomic E-state index is -4.29. The summed E-state index contributed by atoms with van der Waals surface area (Å²) in [7, 11) is 2.12. The molecule has 0 heterocycles. The van der Waals surface area contributed by atoms with Crippen molar-refractivity contribution in [2.75, 3.05) is 7.05 Å². The van der Waals surface area contributed by atoms with Crippen molar-refractivity contribution in [2.45, 2.75) is 4.90 Å². The Balaban J connectivity index is 3.51. The molecule has 1 aromatic rings. The third-order valence-corrected chi connectivity index (χ3v) is 3.26. The number of amides is 1. The number of carbonyl (C=O) groups is 1. The highest BCUT2D eigenvalue weighted by molar-refractivity contribution is 8.13.